The van der Waals surface area contributed by atoms with Crippen molar-refractivity contribution in [3.63, 3.8) is 0 Å². The molecule has 1 aliphatic carbocycles. The van der Waals surface area contributed by atoms with Gasteiger partial charge in [0.05, 0.1) is 12.6 Å². The van der Waals surface area contributed by atoms with E-state index in [1.54, 1.807) is 12.1 Å². The number of ether oxygens (including phenoxy) is 2. The fraction of sp³-hybridized carbons (Fsp3) is 0.286. The Balaban J connectivity index is 1.21. The lowest BCUT2D eigenvalue weighted by Crippen LogP contribution is -2.42. The maximum atomic E-state index is 13.8. The summed E-state index contributed by atoms with van der Waals surface area (Å²) in [6.45, 7) is -2.03. The first-order chi connectivity index (χ1) is 25.6. The molecule has 5 rings (SSSR count). The topological polar surface area (TPSA) is 174 Å². The second-order valence-corrected chi connectivity index (χ2v) is 12.5. The third kappa shape index (κ3) is 10.8. The molecule has 284 valence electrons. The number of aromatic nitrogens is 3. The highest BCUT2D eigenvalue weighted by molar-refractivity contribution is 6.36. The van der Waals surface area contributed by atoms with E-state index in [0.717, 1.165) is 24.8 Å². The summed E-state index contributed by atoms with van der Waals surface area (Å²) >= 11 is 6.01. The summed E-state index contributed by atoms with van der Waals surface area (Å²) in [5.74, 6) is -5.62. The highest BCUT2D eigenvalue weighted by Crippen LogP contribution is 2.48. The molecule has 54 heavy (non-hydrogen) atoms. The van der Waals surface area contributed by atoms with Crippen molar-refractivity contribution >= 4 is 52.8 Å². The van der Waals surface area contributed by atoms with Gasteiger partial charge in [-0.25, -0.2) is 13.6 Å². The van der Waals surface area contributed by atoms with Crippen molar-refractivity contribution in [3.8, 4) is 6.01 Å². The quantitative estimate of drug-likeness (QED) is 0.0641. The molecule has 2 amide bonds. The number of hydrogen-bond donors (Lipinski definition) is 4. The lowest BCUT2D eigenvalue weighted by molar-refractivity contribution is -0.154. The van der Waals surface area contributed by atoms with Crippen molar-refractivity contribution in [2.75, 3.05) is 24.4 Å². The maximum Gasteiger partial charge on any atom is 0.422 e. The average molecular weight is 776 g/mol. The fourth-order valence-corrected chi connectivity index (χ4v) is 5.19. The largest absolute Gasteiger partial charge is 0.467 e. The molecule has 0 unspecified atom stereocenters. The molecule has 0 radical (unpaired) electrons. The lowest BCUT2D eigenvalue weighted by atomic mass is 10.1. The molecule has 0 bridgehead atoms. The predicted octanol–water partition coefficient (Wildman–Crippen LogP) is 5.53. The third-order valence-electron chi connectivity index (χ3n) is 8.04. The van der Waals surface area contributed by atoms with Crippen LogP contribution >= 0.6 is 11.6 Å². The molecule has 0 saturated heterocycles. The molecule has 1 atom stereocenters. The van der Waals surface area contributed by atoms with E-state index in [4.69, 9.17) is 21.1 Å². The van der Waals surface area contributed by atoms with E-state index in [1.807, 2.05) is 12.1 Å². The molecule has 1 fully saturated rings. The first-order valence-corrected chi connectivity index (χ1v) is 16.5. The van der Waals surface area contributed by atoms with Gasteiger partial charge in [0.2, 0.25) is 17.7 Å². The molecule has 0 aliphatic heterocycles. The van der Waals surface area contributed by atoms with Crippen molar-refractivity contribution in [1.82, 2.24) is 25.6 Å². The van der Waals surface area contributed by atoms with Crippen LogP contribution in [0, 0.1) is 11.6 Å². The van der Waals surface area contributed by atoms with Gasteiger partial charge in [0, 0.05) is 40.9 Å². The van der Waals surface area contributed by atoms with E-state index < -0.39 is 72.0 Å². The zero-order valence-electron chi connectivity index (χ0n) is 28.2. The van der Waals surface area contributed by atoms with Crippen LogP contribution in [-0.4, -0.2) is 64.5 Å². The molecule has 13 nitrogen and oxygen atoms in total. The normalized spacial score (nSPS) is 13.6. The zero-order valence-corrected chi connectivity index (χ0v) is 29.0. The van der Waals surface area contributed by atoms with Crippen LogP contribution in [0.4, 0.5) is 39.5 Å². The molecule has 1 aromatic heterocycles. The van der Waals surface area contributed by atoms with Crippen LogP contribution in [0.5, 0.6) is 6.01 Å². The average Bonchev–Trinajstić information content (AvgIpc) is 3.91. The Bertz CT molecular complexity index is 2020. The van der Waals surface area contributed by atoms with Crippen LogP contribution in [0.2, 0.25) is 5.02 Å². The van der Waals surface area contributed by atoms with Crippen LogP contribution in [0.15, 0.2) is 66.7 Å². The number of Topliss-reactive ketones (excluding diaryl/α,β-unsaturated/α-hetero) is 1. The number of nitrogens with one attached hydrogen (secondary N) is 4. The second kappa shape index (κ2) is 16.8. The minimum absolute atomic E-state index is 0.0510. The van der Waals surface area contributed by atoms with Crippen LogP contribution in [-0.2, 0) is 31.2 Å². The van der Waals surface area contributed by atoms with Crippen molar-refractivity contribution in [2.45, 2.75) is 50.0 Å². The third-order valence-corrected chi connectivity index (χ3v) is 8.29. The van der Waals surface area contributed by atoms with Gasteiger partial charge >= 0.3 is 18.2 Å². The molecule has 4 aromatic rings. The van der Waals surface area contributed by atoms with Crippen molar-refractivity contribution in [1.29, 1.82) is 0 Å². The SMILES string of the molecule is COC(=O)[C@H](CCC(=O)C(=O)NCc1ccc(F)cc1F)NC(=O)c1ccc(Nc2nc(NC3(c4ccc(Cl)cc4)CC3)nc(OCC(F)(F)F)n2)cc1. The van der Waals surface area contributed by atoms with Crippen LogP contribution in [0.25, 0.3) is 0 Å². The molecule has 0 spiro atoms. The number of benzene rings is 3. The number of methoxy groups -OCH3 is 1. The molecular weight excluding hydrogens is 745 g/mol. The Morgan fingerprint density at radius 3 is 2.24 bits per heavy atom. The van der Waals surface area contributed by atoms with E-state index >= 15 is 0 Å². The lowest BCUT2D eigenvalue weighted by Gasteiger charge is -2.19. The van der Waals surface area contributed by atoms with Crippen LogP contribution < -0.4 is 26.0 Å². The number of rotatable bonds is 16. The number of nitrogens with zero attached hydrogens (tertiary/aromatic N) is 3. The van der Waals surface area contributed by atoms with Gasteiger partial charge in [-0.2, -0.15) is 28.1 Å². The van der Waals surface area contributed by atoms with Crippen LogP contribution in [0.3, 0.4) is 0 Å². The summed E-state index contributed by atoms with van der Waals surface area (Å²) in [6, 6.07) is 13.5. The standard InChI is InChI=1S/C35H31ClF5N7O6/c1-53-30(52)26(12-13-27(49)29(51)42-17-20-2-9-23(37)16-25(20)38)44-28(50)19-3-10-24(11-4-19)43-31-45-32(47-33(46-31)54-18-35(39,40)41)48-34(14-15-34)21-5-7-22(36)8-6-21/h2-11,16,26H,12-15,17-18H2,1H3,(H,42,51)(H,44,50)(H2,43,45,46,47,48)/t26-/m0/s1. The highest BCUT2D eigenvalue weighted by Gasteiger charge is 2.45. The first-order valence-electron chi connectivity index (χ1n) is 16.1. The number of ketones is 1. The summed E-state index contributed by atoms with van der Waals surface area (Å²) in [5, 5.41) is 11.2. The van der Waals surface area contributed by atoms with E-state index in [2.05, 4.69) is 36.2 Å². The monoisotopic (exact) mass is 775 g/mol. The number of alkyl halides is 3. The Morgan fingerprint density at radius 1 is 0.926 bits per heavy atom. The number of carbonyl (C=O) groups is 4. The van der Waals surface area contributed by atoms with Gasteiger partial charge < -0.3 is 30.7 Å². The Labute approximate surface area is 309 Å². The smallest absolute Gasteiger partial charge is 0.422 e. The predicted molar refractivity (Wildman–Crippen MR) is 183 cm³/mol. The molecule has 3 aromatic carbocycles. The van der Waals surface area contributed by atoms with E-state index in [0.29, 0.717) is 29.6 Å². The van der Waals surface area contributed by atoms with Gasteiger partial charge in [-0.1, -0.05) is 29.8 Å². The summed E-state index contributed by atoms with van der Waals surface area (Å²) in [5.41, 5.74) is 0.616. The molecule has 1 aliphatic rings. The van der Waals surface area contributed by atoms with E-state index in [1.165, 1.54) is 24.3 Å². The summed E-state index contributed by atoms with van der Waals surface area (Å²) in [7, 11) is 1.07. The van der Waals surface area contributed by atoms with Crippen molar-refractivity contribution in [2.24, 2.45) is 0 Å². The summed E-state index contributed by atoms with van der Waals surface area (Å²) < 4.78 is 75.3. The highest BCUT2D eigenvalue weighted by atomic mass is 35.5. The number of esters is 1. The Hall–Kier alpha value is -5.91. The summed E-state index contributed by atoms with van der Waals surface area (Å²) in [4.78, 5) is 62.4. The van der Waals surface area contributed by atoms with Gasteiger partial charge in [0.1, 0.15) is 17.7 Å². The van der Waals surface area contributed by atoms with Crippen molar-refractivity contribution in [3.05, 3.63) is 100 Å². The van der Waals surface area contributed by atoms with E-state index in [-0.39, 0.29) is 36.0 Å². The van der Waals surface area contributed by atoms with Gasteiger partial charge in [-0.3, -0.25) is 14.4 Å². The first kappa shape index (κ1) is 39.3. The minimum atomic E-state index is -4.66. The number of anilines is 3. The zero-order chi connectivity index (χ0) is 39.0. The van der Waals surface area contributed by atoms with Gasteiger partial charge in [0.25, 0.3) is 11.8 Å². The second-order valence-electron chi connectivity index (χ2n) is 12.0. The van der Waals surface area contributed by atoms with Gasteiger partial charge in [0.15, 0.2) is 6.61 Å². The Morgan fingerprint density at radius 2 is 1.61 bits per heavy atom. The molecule has 19 heteroatoms. The summed E-state index contributed by atoms with van der Waals surface area (Å²) in [6.07, 6.45) is -4.08. The number of halogens is 6. The van der Waals surface area contributed by atoms with Crippen molar-refractivity contribution < 1.29 is 50.6 Å². The van der Waals surface area contributed by atoms with E-state index in [9.17, 15) is 41.1 Å². The minimum Gasteiger partial charge on any atom is -0.467 e. The fourth-order valence-electron chi connectivity index (χ4n) is 5.07. The van der Waals surface area contributed by atoms with Gasteiger partial charge in [-0.15, -0.1) is 0 Å². The van der Waals surface area contributed by atoms with Gasteiger partial charge in [-0.05, 0) is 67.3 Å². The molecule has 4 N–H and O–H groups in total. The maximum absolute atomic E-state index is 13.8. The molecule has 1 heterocycles. The Kier molecular flexibility index (Phi) is 12.3. The molecule has 1 saturated carbocycles. The molecular formula is C35H31ClF5N7O6. The van der Waals surface area contributed by atoms with Crippen LogP contribution in [0.1, 0.15) is 47.2 Å². The number of carbonyl (C=O) groups excluding carboxylic acids is 4. The number of amides is 2. The number of hydrogen-bond acceptors (Lipinski definition) is 11.